The summed E-state index contributed by atoms with van der Waals surface area (Å²) in [7, 11) is 0. The number of rotatable bonds is 6. The van der Waals surface area contributed by atoms with E-state index in [1.807, 2.05) is 72.8 Å². The van der Waals surface area contributed by atoms with Crippen LogP contribution in [0, 0.1) is 0 Å². The van der Waals surface area contributed by atoms with Crippen LogP contribution in [0.3, 0.4) is 0 Å². The van der Waals surface area contributed by atoms with Gasteiger partial charge in [-0.05, 0) is 34.4 Å². The van der Waals surface area contributed by atoms with Crippen LogP contribution in [0.1, 0.15) is 22.3 Å². The molecule has 0 radical (unpaired) electrons. The second-order valence-electron chi connectivity index (χ2n) is 4.48. The first-order valence-electron chi connectivity index (χ1n) is 6.75. The minimum absolute atomic E-state index is 1.09. The summed E-state index contributed by atoms with van der Waals surface area (Å²) in [6.45, 7) is 7.46. The lowest BCUT2D eigenvalue weighted by atomic mass is 10.1. The maximum absolute atomic E-state index is 5.35. The molecule has 0 fully saturated rings. The third-order valence-corrected chi connectivity index (χ3v) is 3.02. The van der Waals surface area contributed by atoms with Crippen molar-refractivity contribution in [3.05, 3.63) is 96.5 Å². The zero-order valence-electron chi connectivity index (χ0n) is 11.9. The molecule has 0 aliphatic rings. The quantitative estimate of drug-likeness (QED) is 0.620. The lowest BCUT2D eigenvalue weighted by molar-refractivity contribution is 0.410. The molecule has 0 saturated heterocycles. The molecule has 2 aromatic carbocycles. The van der Waals surface area contributed by atoms with E-state index in [0.29, 0.717) is 0 Å². The van der Waals surface area contributed by atoms with Crippen LogP contribution in [0.25, 0.3) is 24.3 Å². The molecule has 21 heavy (non-hydrogen) atoms. The SMILES string of the molecule is C=Cc1ccc(/C=C/O/C=C/c2ccc(C=C)cc2)cc1. The van der Waals surface area contributed by atoms with Crippen molar-refractivity contribution in [1.29, 1.82) is 0 Å². The van der Waals surface area contributed by atoms with Crippen molar-refractivity contribution in [3.63, 3.8) is 0 Å². The van der Waals surface area contributed by atoms with Gasteiger partial charge in [0, 0.05) is 0 Å². The Balaban J connectivity index is 1.87. The maximum atomic E-state index is 5.35. The van der Waals surface area contributed by atoms with Gasteiger partial charge >= 0.3 is 0 Å². The number of ether oxygens (including phenoxy) is 1. The second-order valence-corrected chi connectivity index (χ2v) is 4.48. The van der Waals surface area contributed by atoms with E-state index < -0.39 is 0 Å². The highest BCUT2D eigenvalue weighted by Crippen LogP contribution is 2.09. The van der Waals surface area contributed by atoms with Gasteiger partial charge in [-0.2, -0.15) is 0 Å². The Morgan fingerprint density at radius 3 is 1.24 bits per heavy atom. The van der Waals surface area contributed by atoms with Gasteiger partial charge in [-0.3, -0.25) is 0 Å². The van der Waals surface area contributed by atoms with Crippen molar-refractivity contribution in [3.8, 4) is 0 Å². The van der Waals surface area contributed by atoms with Gasteiger partial charge < -0.3 is 4.74 Å². The molecule has 1 heteroatoms. The van der Waals surface area contributed by atoms with Gasteiger partial charge in [0.15, 0.2) is 0 Å². The van der Waals surface area contributed by atoms with E-state index in [-0.39, 0.29) is 0 Å². The summed E-state index contributed by atoms with van der Waals surface area (Å²) < 4.78 is 5.35. The summed E-state index contributed by atoms with van der Waals surface area (Å²) in [6, 6.07) is 16.2. The molecule has 0 amide bonds. The molecule has 0 bridgehead atoms. The summed E-state index contributed by atoms with van der Waals surface area (Å²) >= 11 is 0. The Hall–Kier alpha value is -2.80. The zero-order chi connectivity index (χ0) is 14.9. The lowest BCUT2D eigenvalue weighted by Gasteiger charge is -1.96. The number of hydrogen-bond acceptors (Lipinski definition) is 1. The molecule has 0 N–H and O–H groups in total. The van der Waals surface area contributed by atoms with E-state index in [2.05, 4.69) is 13.2 Å². The normalized spacial score (nSPS) is 10.9. The predicted octanol–water partition coefficient (Wildman–Crippen LogP) is 5.63. The number of hydrogen-bond donors (Lipinski definition) is 0. The van der Waals surface area contributed by atoms with Crippen LogP contribution >= 0.6 is 0 Å². The van der Waals surface area contributed by atoms with Crippen molar-refractivity contribution in [2.75, 3.05) is 0 Å². The van der Waals surface area contributed by atoms with E-state index >= 15 is 0 Å². The van der Waals surface area contributed by atoms with Crippen molar-refractivity contribution in [2.24, 2.45) is 0 Å². The average Bonchev–Trinajstić information content (AvgIpc) is 2.55. The van der Waals surface area contributed by atoms with Gasteiger partial charge in [0.1, 0.15) is 0 Å². The molecule has 2 rings (SSSR count). The van der Waals surface area contributed by atoms with E-state index in [9.17, 15) is 0 Å². The van der Waals surface area contributed by atoms with Crippen LogP contribution in [0.2, 0.25) is 0 Å². The Bertz CT molecular complexity index is 584. The third kappa shape index (κ3) is 4.66. The van der Waals surface area contributed by atoms with Crippen LogP contribution < -0.4 is 0 Å². The molecule has 0 aliphatic carbocycles. The van der Waals surface area contributed by atoms with Crippen molar-refractivity contribution in [2.45, 2.75) is 0 Å². The first-order chi connectivity index (χ1) is 10.3. The molecule has 1 nitrogen and oxygen atoms in total. The Morgan fingerprint density at radius 1 is 0.571 bits per heavy atom. The summed E-state index contributed by atoms with van der Waals surface area (Å²) in [6.07, 6.45) is 10.8. The minimum atomic E-state index is 1.09. The minimum Gasteiger partial charge on any atom is -0.473 e. The largest absolute Gasteiger partial charge is 0.473 e. The Kier molecular flexibility index (Phi) is 5.36. The maximum Gasteiger partial charge on any atom is 0.0907 e. The van der Waals surface area contributed by atoms with Crippen LogP contribution in [-0.2, 0) is 4.74 Å². The zero-order valence-corrected chi connectivity index (χ0v) is 11.9. The summed E-state index contributed by atoms with van der Waals surface area (Å²) in [5, 5.41) is 0. The van der Waals surface area contributed by atoms with Crippen LogP contribution in [-0.4, -0.2) is 0 Å². The van der Waals surface area contributed by atoms with Crippen molar-refractivity contribution >= 4 is 24.3 Å². The van der Waals surface area contributed by atoms with Gasteiger partial charge in [0.25, 0.3) is 0 Å². The molecular weight excluding hydrogens is 256 g/mol. The highest BCUT2D eigenvalue weighted by molar-refractivity contribution is 5.55. The predicted molar refractivity (Wildman–Crippen MR) is 92.2 cm³/mol. The third-order valence-electron chi connectivity index (χ3n) is 3.02. The summed E-state index contributed by atoms with van der Waals surface area (Å²) in [5.74, 6) is 0. The standard InChI is InChI=1S/C20H18O/c1-3-17-5-9-19(10-6-17)13-15-21-16-14-20-11-7-18(4-2)8-12-20/h3-16H,1-2H2/b15-13+,16-14+. The topological polar surface area (TPSA) is 9.23 Å². The smallest absolute Gasteiger partial charge is 0.0907 e. The second kappa shape index (κ2) is 7.71. The summed E-state index contributed by atoms with van der Waals surface area (Å²) in [5.41, 5.74) is 4.39. The van der Waals surface area contributed by atoms with Crippen LogP contribution in [0.15, 0.2) is 74.2 Å². The van der Waals surface area contributed by atoms with Gasteiger partial charge in [-0.15, -0.1) is 0 Å². The van der Waals surface area contributed by atoms with E-state index in [1.165, 1.54) is 0 Å². The van der Waals surface area contributed by atoms with Gasteiger partial charge in [-0.1, -0.05) is 73.8 Å². The van der Waals surface area contributed by atoms with Crippen LogP contribution in [0.5, 0.6) is 0 Å². The van der Waals surface area contributed by atoms with Crippen molar-refractivity contribution in [1.82, 2.24) is 0 Å². The highest BCUT2D eigenvalue weighted by atomic mass is 16.5. The molecule has 0 saturated carbocycles. The van der Waals surface area contributed by atoms with E-state index in [4.69, 9.17) is 4.74 Å². The molecule has 0 heterocycles. The van der Waals surface area contributed by atoms with Crippen molar-refractivity contribution < 1.29 is 4.74 Å². The lowest BCUT2D eigenvalue weighted by Crippen LogP contribution is -1.75. The monoisotopic (exact) mass is 274 g/mol. The molecule has 104 valence electrons. The molecule has 2 aromatic rings. The van der Waals surface area contributed by atoms with E-state index in [1.54, 1.807) is 12.5 Å². The Morgan fingerprint density at radius 2 is 0.905 bits per heavy atom. The molecule has 0 spiro atoms. The highest BCUT2D eigenvalue weighted by Gasteiger charge is 1.88. The molecule has 0 atom stereocenters. The fraction of sp³-hybridized carbons (Fsp3) is 0. The fourth-order valence-electron chi connectivity index (χ4n) is 1.77. The fourth-order valence-corrected chi connectivity index (χ4v) is 1.77. The molecule has 0 unspecified atom stereocenters. The summed E-state index contributed by atoms with van der Waals surface area (Å²) in [4.78, 5) is 0. The average molecular weight is 274 g/mol. The molecule has 0 aliphatic heterocycles. The first-order valence-corrected chi connectivity index (χ1v) is 6.75. The molecule has 0 aromatic heterocycles. The number of benzene rings is 2. The first kappa shape index (κ1) is 14.6. The van der Waals surface area contributed by atoms with Gasteiger partial charge in [-0.25, -0.2) is 0 Å². The van der Waals surface area contributed by atoms with Gasteiger partial charge in [0.05, 0.1) is 12.5 Å². The van der Waals surface area contributed by atoms with E-state index in [0.717, 1.165) is 22.3 Å². The van der Waals surface area contributed by atoms with Crippen LogP contribution in [0.4, 0.5) is 0 Å². The molecular formula is C20H18O. The van der Waals surface area contributed by atoms with Gasteiger partial charge in [0.2, 0.25) is 0 Å². The Labute approximate surface area is 126 Å².